The molecule has 1 amide bonds. The Morgan fingerprint density at radius 2 is 2.00 bits per heavy atom. The zero-order valence-electron chi connectivity index (χ0n) is 22.6. The molecule has 1 atom stereocenters. The molecule has 0 unspecified atom stereocenters. The lowest BCUT2D eigenvalue weighted by Gasteiger charge is -2.30. The lowest BCUT2D eigenvalue weighted by atomic mass is 10.0. The van der Waals surface area contributed by atoms with E-state index >= 15 is 0 Å². The first-order valence-corrected chi connectivity index (χ1v) is 13.9. The molecular weight excluding hydrogens is 470 g/mol. The average molecular weight is 512 g/mol. The number of likely N-dealkylation sites (tertiary alicyclic amines) is 1. The number of nitrogens with one attached hydrogen (secondary N) is 2. The number of hydrogen-bond donors (Lipinski definition) is 2. The van der Waals surface area contributed by atoms with Gasteiger partial charge in [0.15, 0.2) is 5.82 Å². The number of benzene rings is 1. The van der Waals surface area contributed by atoms with E-state index in [1.54, 1.807) is 0 Å². The van der Waals surface area contributed by atoms with Crippen LogP contribution < -0.4 is 15.5 Å². The summed E-state index contributed by atoms with van der Waals surface area (Å²) in [6, 6.07) is 8.39. The standard InChI is InChI=1S/C27H41N7OS/c1-19-10-12-21(13-11-19)23-24(30-27(3,4)5)34-25(29-23)36-26(31-34)32(6)18-22(35)28-14-8-16-33-15-7-9-20(2)17-33/h10-13,20,30H,7-9,14-18H2,1-6H3,(H,28,35)/t20-/m1/s1. The number of aromatic nitrogens is 3. The summed E-state index contributed by atoms with van der Waals surface area (Å²) in [5.41, 5.74) is 3.00. The monoisotopic (exact) mass is 511 g/mol. The van der Waals surface area contributed by atoms with Crippen molar-refractivity contribution in [1.82, 2.24) is 24.8 Å². The summed E-state index contributed by atoms with van der Waals surface area (Å²) in [5.74, 6) is 1.67. The number of hydrogen-bond acceptors (Lipinski definition) is 7. The van der Waals surface area contributed by atoms with Crippen LogP contribution in [-0.2, 0) is 4.79 Å². The van der Waals surface area contributed by atoms with Crippen molar-refractivity contribution in [2.45, 2.75) is 59.4 Å². The molecule has 36 heavy (non-hydrogen) atoms. The highest BCUT2D eigenvalue weighted by Crippen LogP contribution is 2.34. The first-order valence-electron chi connectivity index (χ1n) is 13.0. The van der Waals surface area contributed by atoms with Crippen LogP contribution in [0.2, 0.25) is 0 Å². The molecule has 196 valence electrons. The van der Waals surface area contributed by atoms with Crippen molar-refractivity contribution in [2.24, 2.45) is 5.92 Å². The Hall–Kier alpha value is -2.65. The number of nitrogens with zero attached hydrogens (tertiary/aromatic N) is 5. The first kappa shape index (κ1) is 26.4. The fraction of sp³-hybridized carbons (Fsp3) is 0.593. The number of imidazole rings is 1. The van der Waals surface area contributed by atoms with E-state index < -0.39 is 0 Å². The minimum absolute atomic E-state index is 0.0192. The molecule has 1 saturated heterocycles. The Kier molecular flexibility index (Phi) is 8.20. The highest BCUT2D eigenvalue weighted by atomic mass is 32.1. The minimum atomic E-state index is -0.156. The van der Waals surface area contributed by atoms with E-state index in [-0.39, 0.29) is 18.0 Å². The van der Waals surface area contributed by atoms with Gasteiger partial charge >= 0.3 is 0 Å². The maximum atomic E-state index is 12.6. The molecule has 4 rings (SSSR count). The predicted octanol–water partition coefficient (Wildman–Crippen LogP) is 4.65. The number of rotatable bonds is 9. The number of carbonyl (C=O) groups is 1. The Morgan fingerprint density at radius 1 is 1.25 bits per heavy atom. The molecule has 2 aromatic heterocycles. The van der Waals surface area contributed by atoms with Gasteiger partial charge in [0.1, 0.15) is 5.69 Å². The van der Waals surface area contributed by atoms with Gasteiger partial charge in [-0.3, -0.25) is 4.79 Å². The highest BCUT2D eigenvalue weighted by Gasteiger charge is 2.23. The van der Waals surface area contributed by atoms with Gasteiger partial charge in [-0.05, 0) is 66.0 Å². The fourth-order valence-electron chi connectivity index (χ4n) is 4.63. The van der Waals surface area contributed by atoms with E-state index in [2.05, 4.69) is 74.4 Å². The van der Waals surface area contributed by atoms with E-state index in [0.717, 1.165) is 46.1 Å². The molecule has 3 aromatic rings. The Bertz CT molecular complexity index is 1160. The van der Waals surface area contributed by atoms with Crippen LogP contribution in [-0.4, -0.2) is 70.7 Å². The van der Waals surface area contributed by atoms with Crippen LogP contribution >= 0.6 is 11.3 Å². The van der Waals surface area contributed by atoms with Crippen molar-refractivity contribution < 1.29 is 4.79 Å². The molecule has 0 bridgehead atoms. The molecule has 1 aliphatic rings. The van der Waals surface area contributed by atoms with Gasteiger partial charge in [0, 0.05) is 31.2 Å². The molecule has 9 heteroatoms. The topological polar surface area (TPSA) is 77.8 Å². The zero-order valence-corrected chi connectivity index (χ0v) is 23.4. The summed E-state index contributed by atoms with van der Waals surface area (Å²) >= 11 is 1.49. The number of fused-ring (bicyclic) bond motifs is 1. The predicted molar refractivity (Wildman–Crippen MR) is 150 cm³/mol. The maximum Gasteiger partial charge on any atom is 0.239 e. The second-order valence-electron chi connectivity index (χ2n) is 11.2. The number of piperidine rings is 1. The molecule has 0 spiro atoms. The third-order valence-electron chi connectivity index (χ3n) is 6.43. The second kappa shape index (κ2) is 11.2. The summed E-state index contributed by atoms with van der Waals surface area (Å²) in [5, 5.41) is 12.3. The molecule has 3 heterocycles. The summed E-state index contributed by atoms with van der Waals surface area (Å²) in [6.45, 7) is 15.2. The van der Waals surface area contributed by atoms with Crippen LogP contribution in [0.5, 0.6) is 0 Å². The van der Waals surface area contributed by atoms with Crippen molar-refractivity contribution in [1.29, 1.82) is 0 Å². The summed E-state index contributed by atoms with van der Waals surface area (Å²) in [4.78, 5) is 22.7. The normalized spacial score (nSPS) is 16.9. The van der Waals surface area contributed by atoms with Gasteiger partial charge in [-0.25, -0.2) is 4.98 Å². The number of anilines is 2. The average Bonchev–Trinajstić information content (AvgIpc) is 3.36. The van der Waals surface area contributed by atoms with Crippen LogP contribution in [0.25, 0.3) is 16.2 Å². The third kappa shape index (κ3) is 6.76. The first-order chi connectivity index (χ1) is 17.1. The molecular formula is C27H41N7OS. The minimum Gasteiger partial charge on any atom is -0.364 e. The van der Waals surface area contributed by atoms with Gasteiger partial charge in [-0.1, -0.05) is 48.1 Å². The van der Waals surface area contributed by atoms with Gasteiger partial charge in [0.05, 0.1) is 6.54 Å². The molecule has 1 aliphatic heterocycles. The van der Waals surface area contributed by atoms with E-state index in [4.69, 9.17) is 10.1 Å². The summed E-state index contributed by atoms with van der Waals surface area (Å²) in [6.07, 6.45) is 3.61. The quantitative estimate of drug-likeness (QED) is 0.407. The highest BCUT2D eigenvalue weighted by molar-refractivity contribution is 7.20. The van der Waals surface area contributed by atoms with Crippen molar-refractivity contribution in [3.63, 3.8) is 0 Å². The van der Waals surface area contributed by atoms with Crippen LogP contribution in [0.4, 0.5) is 10.9 Å². The molecule has 0 aliphatic carbocycles. The molecule has 2 N–H and O–H groups in total. The van der Waals surface area contributed by atoms with Crippen LogP contribution in [0, 0.1) is 12.8 Å². The van der Waals surface area contributed by atoms with Crippen LogP contribution in [0.3, 0.4) is 0 Å². The van der Waals surface area contributed by atoms with Crippen LogP contribution in [0.1, 0.15) is 52.5 Å². The third-order valence-corrected chi connectivity index (χ3v) is 7.46. The number of aryl methyl sites for hydroxylation is 1. The largest absolute Gasteiger partial charge is 0.364 e. The lowest BCUT2D eigenvalue weighted by Crippen LogP contribution is -2.38. The Labute approximate surface area is 219 Å². The second-order valence-corrected chi connectivity index (χ2v) is 12.2. The summed E-state index contributed by atoms with van der Waals surface area (Å²) in [7, 11) is 1.91. The van der Waals surface area contributed by atoms with Crippen molar-refractivity contribution in [3.8, 4) is 11.3 Å². The van der Waals surface area contributed by atoms with Crippen LogP contribution in [0.15, 0.2) is 24.3 Å². The molecule has 0 radical (unpaired) electrons. The fourth-order valence-corrected chi connectivity index (χ4v) is 5.49. The van der Waals surface area contributed by atoms with Crippen molar-refractivity contribution in [2.75, 3.05) is 50.0 Å². The molecule has 8 nitrogen and oxygen atoms in total. The zero-order chi connectivity index (χ0) is 25.9. The van der Waals surface area contributed by atoms with Gasteiger partial charge < -0.3 is 20.4 Å². The molecule has 0 saturated carbocycles. The Morgan fingerprint density at radius 3 is 2.69 bits per heavy atom. The number of amides is 1. The van der Waals surface area contributed by atoms with Gasteiger partial charge in [-0.2, -0.15) is 4.52 Å². The summed E-state index contributed by atoms with van der Waals surface area (Å²) < 4.78 is 1.87. The van der Waals surface area contributed by atoms with Crippen molar-refractivity contribution >= 4 is 33.2 Å². The van der Waals surface area contributed by atoms with Gasteiger partial charge in [0.25, 0.3) is 0 Å². The maximum absolute atomic E-state index is 12.6. The molecule has 1 fully saturated rings. The SMILES string of the molecule is Cc1ccc(-c2nc3sc(N(C)CC(=O)NCCCN4CCC[C@@H](C)C4)nn3c2NC(C)(C)C)cc1. The van der Waals surface area contributed by atoms with E-state index in [0.29, 0.717) is 6.54 Å². The lowest BCUT2D eigenvalue weighted by molar-refractivity contribution is -0.119. The number of likely N-dealkylation sites (N-methyl/N-ethyl adjacent to an activating group) is 1. The van der Waals surface area contributed by atoms with Crippen molar-refractivity contribution in [3.05, 3.63) is 29.8 Å². The van der Waals surface area contributed by atoms with E-state index in [1.165, 1.54) is 42.8 Å². The van der Waals surface area contributed by atoms with Gasteiger partial charge in [0.2, 0.25) is 16.0 Å². The van der Waals surface area contributed by atoms with E-state index in [1.807, 2.05) is 16.5 Å². The number of carbonyl (C=O) groups excluding carboxylic acids is 1. The van der Waals surface area contributed by atoms with Gasteiger partial charge in [-0.15, -0.1) is 5.10 Å². The smallest absolute Gasteiger partial charge is 0.239 e. The molecule has 1 aromatic carbocycles. The van der Waals surface area contributed by atoms with E-state index in [9.17, 15) is 4.79 Å². The Balaban J connectivity index is 1.39.